The van der Waals surface area contributed by atoms with Gasteiger partial charge in [-0.15, -0.1) is 0 Å². The number of hydrogen-bond acceptors (Lipinski definition) is 4. The van der Waals surface area contributed by atoms with E-state index in [4.69, 9.17) is 0 Å². The number of benzene rings is 5. The summed E-state index contributed by atoms with van der Waals surface area (Å²) in [5.74, 6) is -1.14. The number of halogens is 4. The molecule has 0 saturated heterocycles. The maximum atomic E-state index is 14.1. The number of unbranched alkanes of at least 4 members (excludes halogenated alkanes) is 10. The van der Waals surface area contributed by atoms with E-state index in [0.717, 1.165) is 83.7 Å². The smallest absolute Gasteiger partial charge is 0.261 e. The van der Waals surface area contributed by atoms with Crippen molar-refractivity contribution in [2.24, 2.45) is 0 Å². The molecule has 0 radical (unpaired) electrons. The van der Waals surface area contributed by atoms with Gasteiger partial charge in [-0.1, -0.05) is 142 Å². The molecule has 7 rings (SSSR count). The van der Waals surface area contributed by atoms with Crippen LogP contribution in [0.15, 0.2) is 42.2 Å². The van der Waals surface area contributed by atoms with E-state index in [1.807, 2.05) is 24.3 Å². The average molecular weight is 930 g/mol. The molecule has 5 aromatic rings. The SMILES string of the molecule is CCCCCCCCN1C(=O)c2cc(Br)c3c4c(Br)cc5c6c(cc(Br)c(c7c(Br)cc(c2c37)C1=O)c64)C(=O)N(CCCCCCCC)C5=O. The molecule has 0 unspecified atom stereocenters. The zero-order valence-electron chi connectivity index (χ0n) is 28.2. The van der Waals surface area contributed by atoms with Crippen molar-refractivity contribution in [2.75, 3.05) is 13.1 Å². The minimum absolute atomic E-state index is 0.285. The largest absolute Gasteiger partial charge is 0.274 e. The van der Waals surface area contributed by atoms with Crippen LogP contribution in [0.1, 0.15) is 132 Å². The first kappa shape index (κ1) is 36.0. The number of imide groups is 2. The molecule has 2 heterocycles. The fraction of sp³-hybridized carbons (Fsp3) is 0.400. The molecule has 0 fully saturated rings. The highest BCUT2D eigenvalue weighted by atomic mass is 79.9. The summed E-state index contributed by atoms with van der Waals surface area (Å²) >= 11 is 15.3. The van der Waals surface area contributed by atoms with Gasteiger partial charge in [0.2, 0.25) is 0 Å². The van der Waals surface area contributed by atoms with Crippen LogP contribution in [-0.4, -0.2) is 46.5 Å². The van der Waals surface area contributed by atoms with E-state index in [9.17, 15) is 19.2 Å². The van der Waals surface area contributed by atoms with E-state index < -0.39 is 0 Å². The quantitative estimate of drug-likeness (QED) is 0.0481. The van der Waals surface area contributed by atoms with Gasteiger partial charge >= 0.3 is 0 Å². The van der Waals surface area contributed by atoms with Gasteiger partial charge in [0, 0.05) is 96.3 Å². The summed E-state index contributed by atoms with van der Waals surface area (Å²) in [5, 5.41) is 6.10. The van der Waals surface area contributed by atoms with Crippen molar-refractivity contribution in [3.8, 4) is 0 Å². The Balaban J connectivity index is 1.39. The second-order valence-corrected chi connectivity index (χ2v) is 17.1. The van der Waals surface area contributed by atoms with Crippen LogP contribution in [0.5, 0.6) is 0 Å². The first-order valence-corrected chi connectivity index (χ1v) is 21.0. The third kappa shape index (κ3) is 5.75. The van der Waals surface area contributed by atoms with Crippen molar-refractivity contribution < 1.29 is 19.2 Å². The highest BCUT2D eigenvalue weighted by Crippen LogP contribution is 2.53. The van der Waals surface area contributed by atoms with Crippen LogP contribution in [0.2, 0.25) is 0 Å². The van der Waals surface area contributed by atoms with Gasteiger partial charge in [0.25, 0.3) is 23.6 Å². The predicted octanol–water partition coefficient (Wildman–Crippen LogP) is 12.7. The number of carbonyl (C=O) groups is 4. The Labute approximate surface area is 325 Å². The molecule has 0 spiro atoms. The molecule has 50 heavy (non-hydrogen) atoms. The van der Waals surface area contributed by atoms with Crippen LogP contribution >= 0.6 is 63.7 Å². The van der Waals surface area contributed by atoms with Crippen LogP contribution in [-0.2, 0) is 0 Å². The van der Waals surface area contributed by atoms with Crippen molar-refractivity contribution >= 4 is 130 Å². The third-order valence-corrected chi connectivity index (χ3v) is 13.0. The Kier molecular flexibility index (Phi) is 10.5. The second kappa shape index (κ2) is 14.6. The topological polar surface area (TPSA) is 74.8 Å². The molecule has 6 nitrogen and oxygen atoms in total. The summed E-state index contributed by atoms with van der Waals surface area (Å²) in [6.07, 6.45) is 12.7. The van der Waals surface area contributed by atoms with Gasteiger partial charge in [-0.25, -0.2) is 0 Å². The first-order chi connectivity index (χ1) is 24.1. The summed E-state index contributed by atoms with van der Waals surface area (Å²) in [6.45, 7) is 5.13. The van der Waals surface area contributed by atoms with E-state index in [1.165, 1.54) is 35.5 Å². The lowest BCUT2D eigenvalue weighted by Gasteiger charge is -2.31. The summed E-state index contributed by atoms with van der Waals surface area (Å²) in [5.41, 5.74) is 1.95. The molecule has 260 valence electrons. The van der Waals surface area contributed by atoms with E-state index in [-0.39, 0.29) is 23.6 Å². The summed E-state index contributed by atoms with van der Waals surface area (Å²) in [6, 6.07) is 7.34. The second-order valence-electron chi connectivity index (χ2n) is 13.7. The average Bonchev–Trinajstić information content (AvgIpc) is 3.09. The Morgan fingerprint density at radius 3 is 0.920 bits per heavy atom. The van der Waals surface area contributed by atoms with Gasteiger partial charge in [-0.05, 0) is 37.1 Å². The standard InChI is InChI=1S/C40H38Br4N2O4/c1-3-5-7-9-11-13-15-45-37(47)21-17-25(41)31-33-27(43)19-23-30-24(40(50)46(39(23)49)16-14-12-10-8-6-4-2)20-28(44)34(36(30)33)32-26(42)18-22(38(45)48)29(21)35(31)32/h17-20H,3-16H2,1-2H3. The Morgan fingerprint density at radius 1 is 0.380 bits per heavy atom. The molecule has 0 N–H and O–H groups in total. The Morgan fingerprint density at radius 2 is 0.640 bits per heavy atom. The zero-order chi connectivity index (χ0) is 35.4. The molecular formula is C40H38Br4N2O4. The van der Waals surface area contributed by atoms with Crippen molar-refractivity contribution in [2.45, 2.75) is 90.9 Å². The Bertz CT molecular complexity index is 1960. The molecule has 4 amide bonds. The normalized spacial score (nSPS) is 14.6. The first-order valence-electron chi connectivity index (χ1n) is 17.8. The minimum Gasteiger partial charge on any atom is -0.274 e. The van der Waals surface area contributed by atoms with Crippen LogP contribution in [0, 0.1) is 0 Å². The molecule has 0 aromatic heterocycles. The number of carbonyl (C=O) groups excluding carboxylic acids is 4. The molecule has 2 aliphatic rings. The van der Waals surface area contributed by atoms with Gasteiger partial charge in [0.05, 0.1) is 0 Å². The number of amides is 4. The summed E-state index contributed by atoms with van der Waals surface area (Å²) in [7, 11) is 0. The molecule has 5 aromatic carbocycles. The number of nitrogens with zero attached hydrogens (tertiary/aromatic N) is 2. The van der Waals surface area contributed by atoms with Crippen LogP contribution < -0.4 is 0 Å². The lowest BCUT2D eigenvalue weighted by molar-refractivity contribution is 0.0592. The number of fused-ring (bicyclic) bond motifs is 2. The maximum Gasteiger partial charge on any atom is 0.261 e. The number of hydrogen-bond donors (Lipinski definition) is 0. The van der Waals surface area contributed by atoms with Gasteiger partial charge in [-0.2, -0.15) is 0 Å². The molecule has 0 bridgehead atoms. The maximum absolute atomic E-state index is 14.1. The highest BCUT2D eigenvalue weighted by molar-refractivity contribution is 9.11. The van der Waals surface area contributed by atoms with Crippen LogP contribution in [0.3, 0.4) is 0 Å². The summed E-state index contributed by atoms with van der Waals surface area (Å²) in [4.78, 5) is 59.1. The predicted molar refractivity (Wildman–Crippen MR) is 216 cm³/mol. The van der Waals surface area contributed by atoms with E-state index in [0.29, 0.717) is 64.0 Å². The van der Waals surface area contributed by atoms with E-state index in [1.54, 1.807) is 0 Å². The minimum atomic E-state index is -0.285. The van der Waals surface area contributed by atoms with Crippen LogP contribution in [0.25, 0.3) is 43.1 Å². The molecule has 2 aliphatic heterocycles. The van der Waals surface area contributed by atoms with Crippen molar-refractivity contribution in [3.63, 3.8) is 0 Å². The lowest BCUT2D eigenvalue weighted by Crippen LogP contribution is -2.41. The van der Waals surface area contributed by atoms with Crippen LogP contribution in [0.4, 0.5) is 0 Å². The Hall–Kier alpha value is -2.40. The van der Waals surface area contributed by atoms with Crippen molar-refractivity contribution in [1.82, 2.24) is 9.80 Å². The molecule has 0 aliphatic carbocycles. The molecule has 10 heteroatoms. The van der Waals surface area contributed by atoms with Crippen molar-refractivity contribution in [1.29, 1.82) is 0 Å². The monoisotopic (exact) mass is 926 g/mol. The highest BCUT2D eigenvalue weighted by Gasteiger charge is 2.39. The zero-order valence-corrected chi connectivity index (χ0v) is 34.6. The van der Waals surface area contributed by atoms with Gasteiger partial charge in [0.1, 0.15) is 0 Å². The molecule has 0 atom stereocenters. The van der Waals surface area contributed by atoms with Gasteiger partial charge in [-0.3, -0.25) is 29.0 Å². The fourth-order valence-corrected chi connectivity index (χ4v) is 10.6. The van der Waals surface area contributed by atoms with Crippen molar-refractivity contribution in [3.05, 3.63) is 64.4 Å². The van der Waals surface area contributed by atoms with Gasteiger partial charge in [0.15, 0.2) is 0 Å². The fourth-order valence-electron chi connectivity index (χ4n) is 8.07. The number of rotatable bonds is 14. The lowest BCUT2D eigenvalue weighted by atomic mass is 9.82. The van der Waals surface area contributed by atoms with E-state index in [2.05, 4.69) is 77.6 Å². The van der Waals surface area contributed by atoms with E-state index >= 15 is 0 Å². The molecular weight excluding hydrogens is 892 g/mol. The third-order valence-electron chi connectivity index (χ3n) is 10.5. The summed E-state index contributed by atoms with van der Waals surface area (Å²) < 4.78 is 2.81. The van der Waals surface area contributed by atoms with Gasteiger partial charge < -0.3 is 0 Å². The molecule has 0 saturated carbocycles.